The fraction of sp³-hybridized carbons (Fsp3) is 0.286. The van der Waals surface area contributed by atoms with Crippen molar-refractivity contribution in [3.8, 4) is 0 Å². The lowest BCUT2D eigenvalue weighted by atomic mass is 10.1. The second-order valence-corrected chi connectivity index (χ2v) is 11.7. The van der Waals surface area contributed by atoms with E-state index in [9.17, 15) is 22.4 Å². The van der Waals surface area contributed by atoms with E-state index in [2.05, 4.69) is 5.32 Å². The van der Waals surface area contributed by atoms with Crippen LogP contribution in [0.3, 0.4) is 0 Å². The molecule has 0 radical (unpaired) electrons. The van der Waals surface area contributed by atoms with Crippen LogP contribution in [0.1, 0.15) is 32.8 Å². The summed E-state index contributed by atoms with van der Waals surface area (Å²) in [6, 6.07) is 16.2. The minimum absolute atomic E-state index is 0.133. The topological polar surface area (TPSA) is 86.8 Å². The summed E-state index contributed by atoms with van der Waals surface area (Å²) < 4.78 is 41.8. The molecule has 0 aliphatic rings. The van der Waals surface area contributed by atoms with Gasteiger partial charge in [-0.2, -0.15) is 0 Å². The molecule has 0 heterocycles. The minimum atomic E-state index is -4.29. The molecule has 7 nitrogen and oxygen atoms in total. The van der Waals surface area contributed by atoms with Gasteiger partial charge in [-0.05, 0) is 68.8 Å². The highest BCUT2D eigenvalue weighted by Crippen LogP contribution is 2.28. The number of hydrogen-bond donors (Lipinski definition) is 1. The van der Waals surface area contributed by atoms with Crippen LogP contribution >= 0.6 is 23.2 Å². The fourth-order valence-corrected chi connectivity index (χ4v) is 5.69. The Balaban J connectivity index is 2.04. The monoisotopic (exact) mass is 593 g/mol. The molecule has 0 saturated carbocycles. The molecule has 0 aromatic heterocycles. The van der Waals surface area contributed by atoms with Crippen LogP contribution in [0.25, 0.3) is 0 Å². The van der Waals surface area contributed by atoms with Crippen LogP contribution in [-0.4, -0.2) is 43.8 Å². The first-order valence-electron chi connectivity index (χ1n) is 12.3. The van der Waals surface area contributed by atoms with Crippen LogP contribution < -0.4 is 9.62 Å². The van der Waals surface area contributed by atoms with Crippen molar-refractivity contribution in [3.63, 3.8) is 0 Å². The Bertz CT molecular complexity index is 1390. The molecular weight excluding hydrogens is 564 g/mol. The number of sulfonamides is 1. The van der Waals surface area contributed by atoms with Gasteiger partial charge in [-0.25, -0.2) is 12.8 Å². The largest absolute Gasteiger partial charge is 0.352 e. The number of anilines is 1. The predicted molar refractivity (Wildman–Crippen MR) is 152 cm³/mol. The highest BCUT2D eigenvalue weighted by Gasteiger charge is 2.33. The summed E-state index contributed by atoms with van der Waals surface area (Å²) in [5, 5.41) is 3.46. The normalized spacial score (nSPS) is 12.9. The molecule has 3 aromatic carbocycles. The number of carbonyl (C=O) groups excluding carboxylic acids is 2. The maximum atomic E-state index is 13.9. The molecule has 3 rings (SSSR count). The molecule has 0 unspecified atom stereocenters. The van der Waals surface area contributed by atoms with Gasteiger partial charge in [-0.15, -0.1) is 0 Å². The molecule has 208 valence electrons. The molecule has 11 heteroatoms. The number of nitrogens with zero attached hydrogens (tertiary/aromatic N) is 2. The summed E-state index contributed by atoms with van der Waals surface area (Å²) in [6.45, 7) is 4.55. The van der Waals surface area contributed by atoms with E-state index in [4.69, 9.17) is 23.2 Å². The SMILES string of the molecule is CC[C@@H](C)NC(=O)[C@@H](C)N(Cc1c(Cl)cccc1Cl)C(=O)CN(c1ccccc1)S(=O)(=O)c1ccc(F)cc1. The molecule has 0 aliphatic carbocycles. The first kappa shape index (κ1) is 30.4. The van der Waals surface area contributed by atoms with Crippen LogP contribution in [0, 0.1) is 5.82 Å². The summed E-state index contributed by atoms with van der Waals surface area (Å²) in [7, 11) is -4.29. The zero-order chi connectivity index (χ0) is 28.7. The lowest BCUT2D eigenvalue weighted by Gasteiger charge is -2.32. The van der Waals surface area contributed by atoms with Crippen molar-refractivity contribution in [1.29, 1.82) is 0 Å². The van der Waals surface area contributed by atoms with Crippen molar-refractivity contribution < 1.29 is 22.4 Å². The van der Waals surface area contributed by atoms with Gasteiger partial charge >= 0.3 is 0 Å². The van der Waals surface area contributed by atoms with Gasteiger partial charge in [0.1, 0.15) is 18.4 Å². The maximum absolute atomic E-state index is 13.9. The van der Waals surface area contributed by atoms with Gasteiger partial charge in [0.25, 0.3) is 10.0 Å². The molecule has 2 atom stereocenters. The van der Waals surface area contributed by atoms with Gasteiger partial charge in [0.2, 0.25) is 11.8 Å². The zero-order valence-corrected chi connectivity index (χ0v) is 24.1. The van der Waals surface area contributed by atoms with E-state index >= 15 is 0 Å². The van der Waals surface area contributed by atoms with Crippen molar-refractivity contribution in [2.75, 3.05) is 10.8 Å². The third-order valence-electron chi connectivity index (χ3n) is 6.28. The molecule has 3 aromatic rings. The van der Waals surface area contributed by atoms with Gasteiger partial charge in [0, 0.05) is 28.2 Å². The van der Waals surface area contributed by atoms with E-state index in [0.717, 1.165) is 28.6 Å². The number of nitrogens with one attached hydrogen (secondary N) is 1. The smallest absolute Gasteiger partial charge is 0.264 e. The Kier molecular flexibility index (Phi) is 10.4. The van der Waals surface area contributed by atoms with Crippen LogP contribution in [0.15, 0.2) is 77.7 Å². The van der Waals surface area contributed by atoms with E-state index in [1.165, 1.54) is 4.90 Å². The summed E-state index contributed by atoms with van der Waals surface area (Å²) in [5.74, 6) is -1.67. The highest BCUT2D eigenvalue weighted by molar-refractivity contribution is 7.92. The Morgan fingerprint density at radius 2 is 1.51 bits per heavy atom. The maximum Gasteiger partial charge on any atom is 0.264 e. The van der Waals surface area contributed by atoms with Gasteiger partial charge in [-0.1, -0.05) is 54.4 Å². The van der Waals surface area contributed by atoms with Crippen LogP contribution in [0.4, 0.5) is 10.1 Å². The summed E-state index contributed by atoms with van der Waals surface area (Å²) in [5.41, 5.74) is 0.646. The third-order valence-corrected chi connectivity index (χ3v) is 8.78. The van der Waals surface area contributed by atoms with E-state index in [0.29, 0.717) is 22.0 Å². The summed E-state index contributed by atoms with van der Waals surface area (Å²) >= 11 is 12.8. The Morgan fingerprint density at radius 1 is 0.923 bits per heavy atom. The molecular formula is C28H30Cl2FN3O4S. The Labute approximate surface area is 238 Å². The second kappa shape index (κ2) is 13.3. The van der Waals surface area contributed by atoms with Crippen molar-refractivity contribution in [2.24, 2.45) is 0 Å². The third kappa shape index (κ3) is 7.50. The summed E-state index contributed by atoms with van der Waals surface area (Å²) in [6.07, 6.45) is 0.681. The number of para-hydroxylation sites is 1. The van der Waals surface area contributed by atoms with Crippen LogP contribution in [0.5, 0.6) is 0 Å². The lowest BCUT2D eigenvalue weighted by Crippen LogP contribution is -2.52. The molecule has 2 amide bonds. The number of amides is 2. The minimum Gasteiger partial charge on any atom is -0.352 e. The van der Waals surface area contributed by atoms with Gasteiger partial charge in [0.15, 0.2) is 0 Å². The number of hydrogen-bond acceptors (Lipinski definition) is 4. The van der Waals surface area contributed by atoms with Gasteiger partial charge < -0.3 is 10.2 Å². The average Bonchev–Trinajstić information content (AvgIpc) is 2.91. The zero-order valence-electron chi connectivity index (χ0n) is 21.8. The quantitative estimate of drug-likeness (QED) is 0.311. The molecule has 0 aliphatic heterocycles. The Morgan fingerprint density at radius 3 is 2.08 bits per heavy atom. The number of carbonyl (C=O) groups is 2. The first-order chi connectivity index (χ1) is 18.4. The van der Waals surface area contributed by atoms with Crippen molar-refractivity contribution in [1.82, 2.24) is 10.2 Å². The van der Waals surface area contributed by atoms with Crippen LogP contribution in [-0.2, 0) is 26.2 Å². The fourth-order valence-electron chi connectivity index (χ4n) is 3.76. The number of rotatable bonds is 11. The van der Waals surface area contributed by atoms with E-state index in [1.54, 1.807) is 55.5 Å². The molecule has 0 saturated heterocycles. The second-order valence-electron chi connectivity index (χ2n) is 9.02. The van der Waals surface area contributed by atoms with E-state index in [-0.39, 0.29) is 23.2 Å². The summed E-state index contributed by atoms with van der Waals surface area (Å²) in [4.78, 5) is 28.0. The van der Waals surface area contributed by atoms with Crippen LogP contribution in [0.2, 0.25) is 10.0 Å². The predicted octanol–water partition coefficient (Wildman–Crippen LogP) is 5.66. The first-order valence-corrected chi connectivity index (χ1v) is 14.5. The van der Waals surface area contributed by atoms with Crippen molar-refractivity contribution in [2.45, 2.75) is 50.7 Å². The molecule has 0 fully saturated rings. The average molecular weight is 595 g/mol. The standard InChI is InChI=1S/C28H30Cl2FN3O4S/c1-4-19(2)32-28(36)20(3)33(17-24-25(29)11-8-12-26(24)30)27(35)18-34(22-9-6-5-7-10-22)39(37,38)23-15-13-21(31)14-16-23/h5-16,19-20H,4,17-18H2,1-3H3,(H,32,36)/t19-,20-/m1/s1. The van der Waals surface area contributed by atoms with E-state index < -0.39 is 40.2 Å². The Hall–Kier alpha value is -3.14. The van der Waals surface area contributed by atoms with Crippen molar-refractivity contribution in [3.05, 3.63) is 94.2 Å². The molecule has 0 spiro atoms. The highest BCUT2D eigenvalue weighted by atomic mass is 35.5. The number of benzene rings is 3. The van der Waals surface area contributed by atoms with Gasteiger partial charge in [-0.3, -0.25) is 13.9 Å². The van der Waals surface area contributed by atoms with E-state index in [1.807, 2.05) is 13.8 Å². The lowest BCUT2D eigenvalue weighted by molar-refractivity contribution is -0.139. The molecule has 1 N–H and O–H groups in total. The van der Waals surface area contributed by atoms with Crippen molar-refractivity contribution >= 4 is 50.7 Å². The molecule has 0 bridgehead atoms. The molecule has 39 heavy (non-hydrogen) atoms. The number of halogens is 3. The van der Waals surface area contributed by atoms with Gasteiger partial charge in [0.05, 0.1) is 10.6 Å².